The van der Waals surface area contributed by atoms with Gasteiger partial charge in [-0.1, -0.05) is 59.7 Å². The van der Waals surface area contributed by atoms with Gasteiger partial charge in [-0.3, -0.25) is 0 Å². The predicted molar refractivity (Wildman–Crippen MR) is 105 cm³/mol. The molecule has 4 heteroatoms. The van der Waals surface area contributed by atoms with Gasteiger partial charge in [-0.05, 0) is 18.2 Å². The number of furan rings is 1. The Morgan fingerprint density at radius 2 is 1.44 bits per heavy atom. The number of rotatable bonds is 5. The monoisotopic (exact) mass is 358 g/mol. The lowest BCUT2D eigenvalue weighted by molar-refractivity contribution is 0.444. The zero-order valence-electron chi connectivity index (χ0n) is 15.9. The predicted octanol–water partition coefficient (Wildman–Crippen LogP) is 7.28. The minimum Gasteiger partial charge on any atom is -0.686 e. The van der Waals surface area contributed by atoms with Crippen molar-refractivity contribution >= 4 is 30.3 Å². The van der Waals surface area contributed by atoms with Gasteiger partial charge in [0.05, 0.1) is 0 Å². The van der Waals surface area contributed by atoms with Gasteiger partial charge >= 0.3 is 0 Å². The molecule has 2 aromatic carbocycles. The zero-order chi connectivity index (χ0) is 18.4. The van der Waals surface area contributed by atoms with Gasteiger partial charge in [0.25, 0.3) is 0 Å². The smallest absolute Gasteiger partial charge is 0.203 e. The first-order chi connectivity index (χ1) is 11.8. The van der Waals surface area contributed by atoms with Crippen LogP contribution < -0.4 is 4.43 Å². The number of para-hydroxylation sites is 1. The molecule has 2 nitrogen and oxygen atoms in total. The molecule has 3 aromatic rings. The molecule has 0 saturated carbocycles. The molecule has 0 N–H and O–H groups in total. The van der Waals surface area contributed by atoms with E-state index < -0.39 is 8.32 Å². The van der Waals surface area contributed by atoms with Crippen molar-refractivity contribution in [1.29, 1.82) is 0 Å². The summed E-state index contributed by atoms with van der Waals surface area (Å²) in [7, 11) is -2.21. The highest BCUT2D eigenvalue weighted by molar-refractivity contribution is 6.78. The number of fused-ring (bicyclic) bond motifs is 3. The van der Waals surface area contributed by atoms with E-state index in [9.17, 15) is 0 Å². The molecule has 0 amide bonds. The van der Waals surface area contributed by atoms with E-state index in [1.54, 1.807) is 6.07 Å². The fourth-order valence-electron chi connectivity index (χ4n) is 4.36. The molecule has 3 rings (SSSR count). The first-order valence-electron chi connectivity index (χ1n) is 9.07. The Labute approximate surface area is 150 Å². The molecule has 0 atom stereocenters. The van der Waals surface area contributed by atoms with Crippen LogP contribution in [0, 0.1) is 5.82 Å². The van der Waals surface area contributed by atoms with Crippen molar-refractivity contribution in [3.05, 3.63) is 42.2 Å². The number of hydrogen-bond acceptors (Lipinski definition) is 2. The Hall–Kier alpha value is -1.81. The molecule has 0 aliphatic heterocycles. The highest BCUT2D eigenvalue weighted by Gasteiger charge is 2.35. The molecule has 0 bridgehead atoms. The summed E-state index contributed by atoms with van der Waals surface area (Å²) in [5.74, 6) is -0.0538. The molecular formula is C21H27FO2Si-. The lowest BCUT2D eigenvalue weighted by atomic mass is 10.1. The Kier molecular flexibility index (Phi) is 4.67. The van der Waals surface area contributed by atoms with Crippen LogP contribution in [0.3, 0.4) is 0 Å². The van der Waals surface area contributed by atoms with Crippen LogP contribution in [0.2, 0.25) is 16.6 Å². The number of halogens is 1. The Morgan fingerprint density at radius 3 is 2.04 bits per heavy atom. The minimum absolute atomic E-state index is 0.290. The van der Waals surface area contributed by atoms with Gasteiger partial charge in [-0.15, -0.1) is 16.6 Å². The van der Waals surface area contributed by atoms with E-state index in [-0.39, 0.29) is 11.4 Å². The maximum atomic E-state index is 15.2. The van der Waals surface area contributed by atoms with E-state index in [4.69, 9.17) is 8.84 Å². The standard InChI is InChI=1S/C21H27FO2Si/c1-13(2)25(14(3)4,15(5)6)24-19-12-11-17-16-9-7-8-10-18(16)23-21(17)20(19)22/h7-15H,1-6H3/q-1. The maximum absolute atomic E-state index is 15.2. The van der Waals surface area contributed by atoms with Crippen LogP contribution in [0.15, 0.2) is 40.8 Å². The quantitative estimate of drug-likeness (QED) is 0.447. The summed E-state index contributed by atoms with van der Waals surface area (Å²) >= 11 is 0. The second-order valence-electron chi connectivity index (χ2n) is 7.77. The van der Waals surface area contributed by atoms with Crippen molar-refractivity contribution in [2.75, 3.05) is 0 Å². The summed E-state index contributed by atoms with van der Waals surface area (Å²) in [6.45, 7) is 13.2. The van der Waals surface area contributed by atoms with E-state index in [1.165, 1.54) is 0 Å². The van der Waals surface area contributed by atoms with Crippen LogP contribution in [0.5, 0.6) is 5.75 Å². The molecule has 0 saturated heterocycles. The van der Waals surface area contributed by atoms with Gasteiger partial charge in [-0.25, -0.2) is 0 Å². The fourth-order valence-corrected chi connectivity index (χ4v) is 9.61. The summed E-state index contributed by atoms with van der Waals surface area (Å²) in [6, 6.07) is 11.3. The number of benzene rings is 2. The lowest BCUT2D eigenvalue weighted by Gasteiger charge is -2.54. The Balaban J connectivity index is 2.15. The van der Waals surface area contributed by atoms with E-state index in [0.29, 0.717) is 28.0 Å². The topological polar surface area (TPSA) is 22.4 Å². The van der Waals surface area contributed by atoms with Crippen LogP contribution in [0.4, 0.5) is 4.39 Å². The third-order valence-corrected chi connectivity index (χ3v) is 11.4. The van der Waals surface area contributed by atoms with Crippen molar-refractivity contribution < 1.29 is 13.2 Å². The molecule has 0 spiro atoms. The fraction of sp³-hybridized carbons (Fsp3) is 0.429. The molecule has 1 aromatic heterocycles. The second kappa shape index (κ2) is 6.49. The molecule has 1 heterocycles. The average Bonchev–Trinajstić information content (AvgIpc) is 2.93. The molecule has 0 unspecified atom stereocenters. The van der Waals surface area contributed by atoms with Crippen LogP contribution >= 0.6 is 0 Å². The Morgan fingerprint density at radius 1 is 0.840 bits per heavy atom. The number of hydrogen-bond donors (Lipinski definition) is 0. The first kappa shape index (κ1) is 18.0. The normalized spacial score (nSPS) is 12.9. The molecule has 0 aliphatic rings. The van der Waals surface area contributed by atoms with E-state index >= 15 is 4.39 Å². The molecule has 0 radical (unpaired) electrons. The first-order valence-corrected chi connectivity index (χ1v) is 11.2. The summed E-state index contributed by atoms with van der Waals surface area (Å²) in [6.07, 6.45) is 0. The van der Waals surface area contributed by atoms with Crippen LogP contribution in [0.25, 0.3) is 21.9 Å². The van der Waals surface area contributed by atoms with Gasteiger partial charge < -0.3 is 8.84 Å². The van der Waals surface area contributed by atoms with Crippen LogP contribution in [0.1, 0.15) is 41.5 Å². The van der Waals surface area contributed by atoms with Gasteiger partial charge in [0.2, 0.25) is 5.82 Å². The highest BCUT2D eigenvalue weighted by Crippen LogP contribution is 2.44. The summed E-state index contributed by atoms with van der Waals surface area (Å²) in [5, 5.41) is 1.73. The molecular weight excluding hydrogens is 331 g/mol. The van der Waals surface area contributed by atoms with Crippen molar-refractivity contribution in [3.8, 4) is 5.75 Å². The molecule has 135 valence electrons. The molecule has 0 fully saturated rings. The highest BCUT2D eigenvalue weighted by atomic mass is 28.4. The van der Waals surface area contributed by atoms with Crippen molar-refractivity contribution in [2.24, 2.45) is 0 Å². The van der Waals surface area contributed by atoms with E-state index in [1.807, 2.05) is 30.3 Å². The van der Waals surface area contributed by atoms with Crippen molar-refractivity contribution in [3.63, 3.8) is 0 Å². The van der Waals surface area contributed by atoms with Gasteiger partial charge in [-0.2, -0.15) is 4.39 Å². The van der Waals surface area contributed by atoms with E-state index in [0.717, 1.165) is 10.8 Å². The van der Waals surface area contributed by atoms with Crippen molar-refractivity contribution in [2.45, 2.75) is 58.2 Å². The largest absolute Gasteiger partial charge is 0.686 e. The summed E-state index contributed by atoms with van der Waals surface area (Å²) in [5.41, 5.74) is 2.15. The maximum Gasteiger partial charge on any atom is 0.203 e. The van der Waals surface area contributed by atoms with Gasteiger partial charge in [0.15, 0.2) is 5.58 Å². The summed E-state index contributed by atoms with van der Waals surface area (Å²) < 4.78 is 27.5. The van der Waals surface area contributed by atoms with E-state index in [2.05, 4.69) is 41.5 Å². The second-order valence-corrected chi connectivity index (χ2v) is 13.1. The van der Waals surface area contributed by atoms with Gasteiger partial charge in [0.1, 0.15) is 11.3 Å². The lowest BCUT2D eigenvalue weighted by Crippen LogP contribution is -2.50. The van der Waals surface area contributed by atoms with Gasteiger partial charge in [0, 0.05) is 19.1 Å². The Bertz CT molecular complexity index is 874. The van der Waals surface area contributed by atoms with Crippen molar-refractivity contribution in [1.82, 2.24) is 0 Å². The SMILES string of the molecule is CC(C)[Si-](Oc1ccc2c(oc3ccccc32)c1F)(C(C)C)C(C)C. The summed E-state index contributed by atoms with van der Waals surface area (Å²) in [4.78, 5) is 0. The van der Waals surface area contributed by atoms with Crippen LogP contribution in [-0.4, -0.2) is 8.32 Å². The van der Waals surface area contributed by atoms with Crippen LogP contribution in [-0.2, 0) is 0 Å². The third kappa shape index (κ3) is 2.76. The zero-order valence-corrected chi connectivity index (χ0v) is 16.9. The molecule has 0 aliphatic carbocycles. The average molecular weight is 359 g/mol. The minimum atomic E-state index is -2.21. The molecule has 25 heavy (non-hydrogen) atoms. The third-order valence-electron chi connectivity index (χ3n) is 5.44.